The molecule has 0 bridgehead atoms. The Hall–Kier alpha value is -2.01. The highest BCUT2D eigenvalue weighted by molar-refractivity contribution is 5.50. The molecule has 0 aliphatic rings. The summed E-state index contributed by atoms with van der Waals surface area (Å²) in [6.45, 7) is 0.498. The fourth-order valence-corrected chi connectivity index (χ4v) is 1.16. The van der Waals surface area contributed by atoms with E-state index >= 15 is 0 Å². The fraction of sp³-hybridized carbons (Fsp3) is 0.100. The number of hydrogen-bond donors (Lipinski definition) is 2. The molecule has 0 unspecified atom stereocenters. The average Bonchev–Trinajstić information content (AvgIpc) is 2.31. The minimum absolute atomic E-state index is 0.498. The van der Waals surface area contributed by atoms with E-state index in [9.17, 15) is 0 Å². The van der Waals surface area contributed by atoms with Crippen LogP contribution in [0.5, 0.6) is 0 Å². The van der Waals surface area contributed by atoms with Gasteiger partial charge in [-0.3, -0.25) is 4.98 Å². The zero-order valence-corrected chi connectivity index (χ0v) is 8.09. The number of nitrogens with zero attached hydrogens (tertiary/aromatic N) is 3. The Kier molecular flexibility index (Phi) is 2.85. The van der Waals surface area contributed by atoms with Gasteiger partial charge in [-0.05, 0) is 17.7 Å². The van der Waals surface area contributed by atoms with Gasteiger partial charge in [-0.2, -0.15) is 0 Å². The van der Waals surface area contributed by atoms with Crippen molar-refractivity contribution >= 4 is 11.6 Å². The number of nitrogens with one attached hydrogen (secondary N) is 1. The number of anilines is 2. The van der Waals surface area contributed by atoms with Crippen LogP contribution >= 0.6 is 0 Å². The first kappa shape index (κ1) is 9.54. The standard InChI is InChI=1S/C10H11N5/c11-6-8-1-2-13-9(5-8)15-10-7-12-3-4-14-10/h1-5,7H,6,11H2,(H,13,14,15). The van der Waals surface area contributed by atoms with Crippen molar-refractivity contribution < 1.29 is 0 Å². The van der Waals surface area contributed by atoms with Crippen LogP contribution in [0.3, 0.4) is 0 Å². The first-order valence-corrected chi connectivity index (χ1v) is 4.56. The first-order chi connectivity index (χ1) is 7.38. The largest absolute Gasteiger partial charge is 0.326 e. The Morgan fingerprint density at radius 2 is 2.00 bits per heavy atom. The van der Waals surface area contributed by atoms with Crippen LogP contribution in [0.4, 0.5) is 11.6 Å². The molecule has 0 aliphatic heterocycles. The molecule has 15 heavy (non-hydrogen) atoms. The predicted octanol–water partition coefficient (Wildman–Crippen LogP) is 1.07. The molecule has 0 radical (unpaired) electrons. The van der Waals surface area contributed by atoms with Crippen LogP contribution in [0.15, 0.2) is 36.9 Å². The molecule has 0 fully saturated rings. The van der Waals surface area contributed by atoms with E-state index in [4.69, 9.17) is 5.73 Å². The molecule has 0 saturated carbocycles. The summed E-state index contributed by atoms with van der Waals surface area (Å²) in [6, 6.07) is 3.76. The van der Waals surface area contributed by atoms with Crippen molar-refractivity contribution in [3.05, 3.63) is 42.5 Å². The van der Waals surface area contributed by atoms with Crippen LogP contribution in [-0.4, -0.2) is 15.0 Å². The van der Waals surface area contributed by atoms with Crippen LogP contribution in [0.25, 0.3) is 0 Å². The Bertz CT molecular complexity index is 429. The maximum atomic E-state index is 5.53. The molecule has 2 heterocycles. The lowest BCUT2D eigenvalue weighted by Crippen LogP contribution is -2.00. The Morgan fingerprint density at radius 1 is 1.13 bits per heavy atom. The molecule has 76 valence electrons. The minimum Gasteiger partial charge on any atom is -0.326 e. The number of pyridine rings is 1. The highest BCUT2D eigenvalue weighted by atomic mass is 15.1. The van der Waals surface area contributed by atoms with E-state index in [1.54, 1.807) is 24.8 Å². The molecule has 2 aromatic rings. The van der Waals surface area contributed by atoms with Gasteiger partial charge in [-0.1, -0.05) is 0 Å². The van der Waals surface area contributed by atoms with Crippen LogP contribution in [0.1, 0.15) is 5.56 Å². The Labute approximate surface area is 87.4 Å². The van der Waals surface area contributed by atoms with E-state index in [1.165, 1.54) is 0 Å². The lowest BCUT2D eigenvalue weighted by Gasteiger charge is -2.04. The summed E-state index contributed by atoms with van der Waals surface area (Å²) in [5.74, 6) is 1.39. The van der Waals surface area contributed by atoms with Crippen molar-refractivity contribution in [3.8, 4) is 0 Å². The van der Waals surface area contributed by atoms with Gasteiger partial charge in [0.05, 0.1) is 6.20 Å². The van der Waals surface area contributed by atoms with Gasteiger partial charge >= 0.3 is 0 Å². The maximum absolute atomic E-state index is 5.53. The van der Waals surface area contributed by atoms with E-state index < -0.39 is 0 Å². The molecule has 2 rings (SSSR count). The average molecular weight is 201 g/mol. The Morgan fingerprint density at radius 3 is 2.73 bits per heavy atom. The molecule has 0 amide bonds. The number of aromatic nitrogens is 3. The fourth-order valence-electron chi connectivity index (χ4n) is 1.16. The van der Waals surface area contributed by atoms with Gasteiger partial charge < -0.3 is 11.1 Å². The van der Waals surface area contributed by atoms with Gasteiger partial charge in [-0.15, -0.1) is 0 Å². The highest BCUT2D eigenvalue weighted by Crippen LogP contribution is 2.11. The summed E-state index contributed by atoms with van der Waals surface area (Å²) in [4.78, 5) is 12.2. The highest BCUT2D eigenvalue weighted by Gasteiger charge is 1.97. The quantitative estimate of drug-likeness (QED) is 0.776. The van der Waals surface area contributed by atoms with Gasteiger partial charge in [0, 0.05) is 25.1 Å². The van der Waals surface area contributed by atoms with E-state index in [-0.39, 0.29) is 0 Å². The van der Waals surface area contributed by atoms with Crippen molar-refractivity contribution in [2.75, 3.05) is 5.32 Å². The second-order valence-corrected chi connectivity index (χ2v) is 2.97. The number of hydrogen-bond acceptors (Lipinski definition) is 5. The molecule has 3 N–H and O–H groups in total. The smallest absolute Gasteiger partial charge is 0.150 e. The summed E-state index contributed by atoms with van der Waals surface area (Å²) >= 11 is 0. The molecule has 0 atom stereocenters. The zero-order chi connectivity index (χ0) is 10.5. The molecule has 0 aliphatic carbocycles. The molecule has 0 saturated heterocycles. The van der Waals surface area contributed by atoms with Gasteiger partial charge in [0.15, 0.2) is 0 Å². The van der Waals surface area contributed by atoms with Gasteiger partial charge in [-0.25, -0.2) is 9.97 Å². The van der Waals surface area contributed by atoms with Crippen molar-refractivity contribution in [2.45, 2.75) is 6.54 Å². The first-order valence-electron chi connectivity index (χ1n) is 4.56. The van der Waals surface area contributed by atoms with Crippen LogP contribution < -0.4 is 11.1 Å². The topological polar surface area (TPSA) is 76.7 Å². The van der Waals surface area contributed by atoms with E-state index in [0.29, 0.717) is 12.4 Å². The zero-order valence-electron chi connectivity index (χ0n) is 8.09. The van der Waals surface area contributed by atoms with Gasteiger partial charge in [0.25, 0.3) is 0 Å². The normalized spacial score (nSPS) is 9.93. The molecule has 5 heteroatoms. The van der Waals surface area contributed by atoms with Crippen molar-refractivity contribution in [1.29, 1.82) is 0 Å². The molecular weight excluding hydrogens is 190 g/mol. The second kappa shape index (κ2) is 4.47. The maximum Gasteiger partial charge on any atom is 0.150 e. The summed E-state index contributed by atoms with van der Waals surface area (Å²) in [7, 11) is 0. The third-order valence-corrected chi connectivity index (χ3v) is 1.88. The molecule has 0 spiro atoms. The molecule has 2 aromatic heterocycles. The van der Waals surface area contributed by atoms with Crippen molar-refractivity contribution in [2.24, 2.45) is 5.73 Å². The summed E-state index contributed by atoms with van der Waals surface area (Å²) in [5, 5.41) is 3.04. The van der Waals surface area contributed by atoms with Crippen molar-refractivity contribution in [3.63, 3.8) is 0 Å². The predicted molar refractivity (Wildman–Crippen MR) is 57.4 cm³/mol. The lowest BCUT2D eigenvalue weighted by atomic mass is 10.2. The SMILES string of the molecule is NCc1ccnc(Nc2cnccn2)c1. The lowest BCUT2D eigenvalue weighted by molar-refractivity contribution is 1.06. The van der Waals surface area contributed by atoms with E-state index in [1.807, 2.05) is 12.1 Å². The van der Waals surface area contributed by atoms with E-state index in [0.717, 1.165) is 11.4 Å². The summed E-state index contributed by atoms with van der Waals surface area (Å²) in [5.41, 5.74) is 6.55. The van der Waals surface area contributed by atoms with Crippen LogP contribution in [0.2, 0.25) is 0 Å². The monoisotopic (exact) mass is 201 g/mol. The third kappa shape index (κ3) is 2.47. The second-order valence-electron chi connectivity index (χ2n) is 2.97. The number of rotatable bonds is 3. The van der Waals surface area contributed by atoms with Crippen LogP contribution in [-0.2, 0) is 6.54 Å². The minimum atomic E-state index is 0.498. The van der Waals surface area contributed by atoms with Crippen molar-refractivity contribution in [1.82, 2.24) is 15.0 Å². The van der Waals surface area contributed by atoms with Crippen LogP contribution in [0, 0.1) is 0 Å². The molecule has 5 nitrogen and oxygen atoms in total. The summed E-state index contributed by atoms with van der Waals surface area (Å²) < 4.78 is 0. The summed E-state index contributed by atoms with van der Waals surface area (Å²) in [6.07, 6.45) is 6.59. The molecular formula is C10H11N5. The Balaban J connectivity index is 2.17. The molecule has 0 aromatic carbocycles. The van der Waals surface area contributed by atoms with E-state index in [2.05, 4.69) is 20.3 Å². The van der Waals surface area contributed by atoms with Gasteiger partial charge in [0.1, 0.15) is 11.6 Å². The van der Waals surface area contributed by atoms with Gasteiger partial charge in [0.2, 0.25) is 0 Å². The number of nitrogens with two attached hydrogens (primary N) is 1. The third-order valence-electron chi connectivity index (χ3n) is 1.88.